The predicted octanol–water partition coefficient (Wildman–Crippen LogP) is 5.75. The highest BCUT2D eigenvalue weighted by molar-refractivity contribution is 9.10. The van der Waals surface area contributed by atoms with E-state index in [0.717, 1.165) is 20.6 Å². The number of anilines is 1. The number of benzene rings is 2. The van der Waals surface area contributed by atoms with Crippen LogP contribution in [0, 0.1) is 20.8 Å². The Kier molecular flexibility index (Phi) is 4.83. The second-order valence-corrected chi connectivity index (χ2v) is 7.71. The molecule has 2 aromatic carbocycles. The number of aryl methyl sites for hydroxylation is 3. The van der Waals surface area contributed by atoms with Crippen LogP contribution in [0.15, 0.2) is 46.9 Å². The van der Waals surface area contributed by atoms with Crippen LogP contribution in [0.2, 0.25) is 0 Å². The number of carbonyl (C=O) groups is 1. The fourth-order valence-corrected chi connectivity index (χ4v) is 3.71. The van der Waals surface area contributed by atoms with Gasteiger partial charge < -0.3 is 0 Å². The molecule has 0 spiro atoms. The molecule has 1 N–H and O–H groups in total. The summed E-state index contributed by atoms with van der Waals surface area (Å²) in [5.74, 6) is -0.164. The van der Waals surface area contributed by atoms with Gasteiger partial charge in [-0.1, -0.05) is 24.3 Å². The summed E-state index contributed by atoms with van der Waals surface area (Å²) in [5.41, 5.74) is 5.09. The molecule has 1 heterocycles. The van der Waals surface area contributed by atoms with Gasteiger partial charge >= 0.3 is 0 Å². The molecule has 0 saturated heterocycles. The number of carbonyl (C=O) groups excluding carboxylic acids is 1. The lowest BCUT2D eigenvalue weighted by Gasteiger charge is -2.04. The molecule has 122 valence electrons. The number of thiazole rings is 1. The fraction of sp³-hybridized carbons (Fsp3) is 0.158. The van der Waals surface area contributed by atoms with Gasteiger partial charge in [0.15, 0.2) is 5.13 Å². The van der Waals surface area contributed by atoms with E-state index in [0.29, 0.717) is 10.7 Å². The zero-order valence-corrected chi connectivity index (χ0v) is 16.1. The fourth-order valence-electron chi connectivity index (χ4n) is 2.42. The third-order valence-corrected chi connectivity index (χ3v) is 5.49. The van der Waals surface area contributed by atoms with Gasteiger partial charge in [-0.25, -0.2) is 4.98 Å². The molecule has 3 aromatic rings. The van der Waals surface area contributed by atoms with Crippen LogP contribution in [0.25, 0.3) is 11.3 Å². The molecule has 0 aliphatic rings. The third kappa shape index (κ3) is 3.42. The molecule has 3 nitrogen and oxygen atoms in total. The molecule has 24 heavy (non-hydrogen) atoms. The second kappa shape index (κ2) is 6.87. The number of nitrogens with zero attached hydrogens (tertiary/aromatic N) is 1. The lowest BCUT2D eigenvalue weighted by molar-refractivity contribution is 0.102. The lowest BCUT2D eigenvalue weighted by Crippen LogP contribution is -2.12. The van der Waals surface area contributed by atoms with Crippen LogP contribution < -0.4 is 5.32 Å². The monoisotopic (exact) mass is 400 g/mol. The molecule has 0 aliphatic heterocycles. The number of amides is 1. The number of hydrogen-bond donors (Lipinski definition) is 1. The highest BCUT2D eigenvalue weighted by Gasteiger charge is 2.15. The summed E-state index contributed by atoms with van der Waals surface area (Å²) in [4.78, 5) is 18.1. The van der Waals surface area contributed by atoms with E-state index >= 15 is 0 Å². The summed E-state index contributed by atoms with van der Waals surface area (Å²) in [6.07, 6.45) is 0. The smallest absolute Gasteiger partial charge is 0.258 e. The van der Waals surface area contributed by atoms with Crippen molar-refractivity contribution < 1.29 is 4.79 Å². The van der Waals surface area contributed by atoms with Crippen molar-refractivity contribution >= 4 is 38.3 Å². The minimum atomic E-state index is -0.164. The second-order valence-electron chi connectivity index (χ2n) is 5.66. The van der Waals surface area contributed by atoms with Gasteiger partial charge in [-0.15, -0.1) is 11.3 Å². The lowest BCUT2D eigenvalue weighted by atomic mass is 10.0. The molecule has 0 fully saturated rings. The molecule has 3 rings (SSSR count). The third-order valence-electron chi connectivity index (χ3n) is 3.92. The van der Waals surface area contributed by atoms with Crippen LogP contribution in [0.5, 0.6) is 0 Å². The van der Waals surface area contributed by atoms with Crippen LogP contribution >= 0.6 is 27.3 Å². The largest absolute Gasteiger partial charge is 0.298 e. The first-order valence-electron chi connectivity index (χ1n) is 7.56. The first-order valence-corrected chi connectivity index (χ1v) is 9.17. The van der Waals surface area contributed by atoms with Gasteiger partial charge in [0.25, 0.3) is 5.91 Å². The summed E-state index contributed by atoms with van der Waals surface area (Å²) >= 11 is 4.89. The van der Waals surface area contributed by atoms with Crippen LogP contribution in [0.1, 0.15) is 26.4 Å². The number of aromatic nitrogens is 1. The zero-order chi connectivity index (χ0) is 17.3. The molecule has 0 saturated carbocycles. The van der Waals surface area contributed by atoms with E-state index in [1.54, 1.807) is 6.07 Å². The normalized spacial score (nSPS) is 10.7. The number of hydrogen-bond acceptors (Lipinski definition) is 3. The van der Waals surface area contributed by atoms with Crippen molar-refractivity contribution in [1.82, 2.24) is 4.98 Å². The van der Waals surface area contributed by atoms with Crippen molar-refractivity contribution in [3.05, 3.63) is 68.5 Å². The Morgan fingerprint density at radius 3 is 2.54 bits per heavy atom. The van der Waals surface area contributed by atoms with Crippen LogP contribution in [-0.2, 0) is 0 Å². The van der Waals surface area contributed by atoms with Gasteiger partial charge in [-0.3, -0.25) is 10.1 Å². The molecule has 1 aromatic heterocycles. The van der Waals surface area contributed by atoms with Crippen molar-refractivity contribution in [2.24, 2.45) is 0 Å². The Morgan fingerprint density at radius 2 is 1.83 bits per heavy atom. The van der Waals surface area contributed by atoms with Crippen LogP contribution in [0.4, 0.5) is 5.13 Å². The summed E-state index contributed by atoms with van der Waals surface area (Å²) in [6.45, 7) is 6.21. The van der Waals surface area contributed by atoms with E-state index in [4.69, 9.17) is 0 Å². The molecule has 0 radical (unpaired) electrons. The Morgan fingerprint density at radius 1 is 1.08 bits per heavy atom. The van der Waals surface area contributed by atoms with Gasteiger partial charge in [0.05, 0.1) is 11.3 Å². The van der Waals surface area contributed by atoms with E-state index in [9.17, 15) is 4.79 Å². The summed E-state index contributed by atoms with van der Waals surface area (Å²) in [6, 6.07) is 13.7. The van der Waals surface area contributed by atoms with Crippen molar-refractivity contribution in [1.29, 1.82) is 0 Å². The topological polar surface area (TPSA) is 42.0 Å². The van der Waals surface area contributed by atoms with Gasteiger partial charge in [-0.2, -0.15) is 0 Å². The Hall–Kier alpha value is -1.98. The maximum Gasteiger partial charge on any atom is 0.258 e. The SMILES string of the molecule is Cc1ccc(-c2nc(NC(=O)c3ccccc3Br)sc2C)cc1C. The first-order chi connectivity index (χ1) is 11.5. The first kappa shape index (κ1) is 16.9. The summed E-state index contributed by atoms with van der Waals surface area (Å²) in [7, 11) is 0. The van der Waals surface area contributed by atoms with Crippen molar-refractivity contribution in [2.45, 2.75) is 20.8 Å². The summed E-state index contributed by atoms with van der Waals surface area (Å²) in [5, 5.41) is 3.51. The molecule has 0 unspecified atom stereocenters. The van der Waals surface area contributed by atoms with Crippen molar-refractivity contribution in [2.75, 3.05) is 5.32 Å². The predicted molar refractivity (Wildman–Crippen MR) is 104 cm³/mol. The molecule has 0 atom stereocenters. The quantitative estimate of drug-likeness (QED) is 0.607. The average Bonchev–Trinajstić information content (AvgIpc) is 2.91. The number of rotatable bonds is 3. The highest BCUT2D eigenvalue weighted by Crippen LogP contribution is 2.31. The Bertz CT molecular complexity index is 917. The molecule has 0 aliphatic carbocycles. The van der Waals surface area contributed by atoms with Crippen LogP contribution in [0.3, 0.4) is 0 Å². The Balaban J connectivity index is 1.88. The average molecular weight is 401 g/mol. The minimum absolute atomic E-state index is 0.164. The van der Waals surface area contributed by atoms with E-state index in [-0.39, 0.29) is 5.91 Å². The summed E-state index contributed by atoms with van der Waals surface area (Å²) < 4.78 is 0.769. The minimum Gasteiger partial charge on any atom is -0.298 e. The Labute approximate surface area is 153 Å². The number of nitrogens with one attached hydrogen (secondary N) is 1. The molecule has 0 bridgehead atoms. The molecular formula is C19H17BrN2OS. The van der Waals surface area contributed by atoms with Gasteiger partial charge in [0.1, 0.15) is 0 Å². The zero-order valence-electron chi connectivity index (χ0n) is 13.7. The van der Waals surface area contributed by atoms with Gasteiger partial charge in [0, 0.05) is 14.9 Å². The van der Waals surface area contributed by atoms with E-state index < -0.39 is 0 Å². The van der Waals surface area contributed by atoms with Gasteiger partial charge in [-0.05, 0) is 66.0 Å². The standard InChI is InChI=1S/C19H17BrN2OS/c1-11-8-9-14(10-12(11)2)17-13(3)24-19(21-17)22-18(23)15-6-4-5-7-16(15)20/h4-10H,1-3H3,(H,21,22,23). The maximum atomic E-state index is 12.4. The maximum absolute atomic E-state index is 12.4. The van der Waals surface area contributed by atoms with Crippen molar-refractivity contribution in [3.63, 3.8) is 0 Å². The van der Waals surface area contributed by atoms with E-state index in [2.05, 4.69) is 58.3 Å². The number of halogens is 1. The van der Waals surface area contributed by atoms with Crippen LogP contribution in [-0.4, -0.2) is 10.9 Å². The molecular weight excluding hydrogens is 384 g/mol. The molecule has 1 amide bonds. The van der Waals surface area contributed by atoms with Crippen molar-refractivity contribution in [3.8, 4) is 11.3 Å². The van der Waals surface area contributed by atoms with E-state index in [1.807, 2.05) is 25.1 Å². The highest BCUT2D eigenvalue weighted by atomic mass is 79.9. The molecule has 5 heteroatoms. The van der Waals surface area contributed by atoms with E-state index in [1.165, 1.54) is 22.5 Å². The van der Waals surface area contributed by atoms with Gasteiger partial charge in [0.2, 0.25) is 0 Å².